The van der Waals surface area contributed by atoms with Crippen LogP contribution in [0.4, 0.5) is 0 Å². The number of methoxy groups -OCH3 is 3. The third kappa shape index (κ3) is 5.20. The van der Waals surface area contributed by atoms with Crippen LogP contribution < -0.4 is 14.2 Å². The molecule has 0 fully saturated rings. The van der Waals surface area contributed by atoms with Crippen molar-refractivity contribution in [3.8, 4) is 17.2 Å². The van der Waals surface area contributed by atoms with Gasteiger partial charge < -0.3 is 14.2 Å². The van der Waals surface area contributed by atoms with E-state index in [9.17, 15) is 4.79 Å². The van der Waals surface area contributed by atoms with Crippen molar-refractivity contribution in [2.45, 2.75) is 33.6 Å². The van der Waals surface area contributed by atoms with Gasteiger partial charge in [-0.1, -0.05) is 26.7 Å². The molecule has 19 heavy (non-hydrogen) atoms. The fourth-order valence-electron chi connectivity index (χ4n) is 1.28. The molecule has 4 nitrogen and oxygen atoms in total. The highest BCUT2D eigenvalue weighted by atomic mass is 16.5. The standard InChI is InChI=1S/C11H14O4.C4H10/c1-7(12)8-5-9(13-2)11(15-4)10(6-8)14-3;1-3-4-2/h5-6H,1-4H3;3-4H2,1-2H3. The number of hydrogen-bond acceptors (Lipinski definition) is 4. The molecule has 0 heterocycles. The van der Waals surface area contributed by atoms with Gasteiger partial charge in [-0.2, -0.15) is 0 Å². The van der Waals surface area contributed by atoms with Crippen LogP contribution in [0.15, 0.2) is 12.1 Å². The molecule has 1 rings (SSSR count). The van der Waals surface area contributed by atoms with Gasteiger partial charge in [-0.3, -0.25) is 4.79 Å². The van der Waals surface area contributed by atoms with Gasteiger partial charge in [0, 0.05) is 5.56 Å². The number of rotatable bonds is 5. The van der Waals surface area contributed by atoms with Crippen molar-refractivity contribution < 1.29 is 19.0 Å². The Hall–Kier alpha value is -1.71. The van der Waals surface area contributed by atoms with Gasteiger partial charge >= 0.3 is 0 Å². The zero-order valence-electron chi connectivity index (χ0n) is 12.7. The predicted molar refractivity (Wildman–Crippen MR) is 76.7 cm³/mol. The summed E-state index contributed by atoms with van der Waals surface area (Å²) in [5.41, 5.74) is 0.532. The molecule has 0 aromatic heterocycles. The van der Waals surface area contributed by atoms with Crippen LogP contribution in [0.2, 0.25) is 0 Å². The van der Waals surface area contributed by atoms with Crippen LogP contribution in [0.1, 0.15) is 44.0 Å². The lowest BCUT2D eigenvalue weighted by atomic mass is 10.1. The summed E-state index contributed by atoms with van der Waals surface area (Å²) in [6, 6.07) is 3.26. The van der Waals surface area contributed by atoms with Gasteiger partial charge in [0.05, 0.1) is 21.3 Å². The summed E-state index contributed by atoms with van der Waals surface area (Å²) in [7, 11) is 4.55. The van der Waals surface area contributed by atoms with Gasteiger partial charge in [-0.05, 0) is 19.1 Å². The molecule has 1 aromatic rings. The summed E-state index contributed by atoms with van der Waals surface area (Å²) >= 11 is 0. The zero-order chi connectivity index (χ0) is 14.8. The van der Waals surface area contributed by atoms with E-state index in [0.717, 1.165) is 0 Å². The van der Waals surface area contributed by atoms with Gasteiger partial charge in [0.2, 0.25) is 5.75 Å². The minimum atomic E-state index is -0.0470. The van der Waals surface area contributed by atoms with Crippen LogP contribution in [0.25, 0.3) is 0 Å². The van der Waals surface area contributed by atoms with E-state index in [4.69, 9.17) is 14.2 Å². The number of Topliss-reactive ketones (excluding diaryl/α,β-unsaturated/α-hetero) is 1. The van der Waals surface area contributed by atoms with E-state index < -0.39 is 0 Å². The second-order valence-electron chi connectivity index (χ2n) is 3.97. The van der Waals surface area contributed by atoms with Crippen LogP contribution in [0.5, 0.6) is 17.2 Å². The molecule has 0 N–H and O–H groups in total. The molecule has 0 unspecified atom stereocenters. The minimum Gasteiger partial charge on any atom is -0.493 e. The lowest BCUT2D eigenvalue weighted by Gasteiger charge is -2.12. The van der Waals surface area contributed by atoms with E-state index >= 15 is 0 Å². The van der Waals surface area contributed by atoms with E-state index in [1.165, 1.54) is 41.1 Å². The third-order valence-electron chi connectivity index (χ3n) is 2.57. The van der Waals surface area contributed by atoms with Gasteiger partial charge in [-0.15, -0.1) is 0 Å². The first-order valence-corrected chi connectivity index (χ1v) is 6.36. The maximum atomic E-state index is 11.2. The molecule has 0 spiro atoms. The number of benzene rings is 1. The molecule has 0 amide bonds. The molecule has 0 saturated carbocycles. The van der Waals surface area contributed by atoms with Crippen molar-refractivity contribution in [2.75, 3.05) is 21.3 Å². The monoisotopic (exact) mass is 268 g/mol. The fraction of sp³-hybridized carbons (Fsp3) is 0.533. The molecule has 1 aromatic carbocycles. The first-order chi connectivity index (χ1) is 9.05. The number of ether oxygens (including phenoxy) is 3. The second-order valence-corrected chi connectivity index (χ2v) is 3.97. The van der Waals surface area contributed by atoms with E-state index in [1.807, 2.05) is 0 Å². The molecule has 0 radical (unpaired) electrons. The van der Waals surface area contributed by atoms with E-state index in [-0.39, 0.29) is 5.78 Å². The second kappa shape index (κ2) is 9.25. The largest absolute Gasteiger partial charge is 0.493 e. The van der Waals surface area contributed by atoms with Crippen molar-refractivity contribution >= 4 is 5.78 Å². The first-order valence-electron chi connectivity index (χ1n) is 6.36. The number of ketones is 1. The van der Waals surface area contributed by atoms with Crippen LogP contribution >= 0.6 is 0 Å². The molecular weight excluding hydrogens is 244 g/mol. The van der Waals surface area contributed by atoms with Gasteiger partial charge in [-0.25, -0.2) is 0 Å². The highest BCUT2D eigenvalue weighted by Gasteiger charge is 2.14. The number of carbonyl (C=O) groups is 1. The lowest BCUT2D eigenvalue weighted by Crippen LogP contribution is -1.99. The first kappa shape index (κ1) is 17.3. The Labute approximate surface area is 115 Å². The van der Waals surface area contributed by atoms with E-state index in [0.29, 0.717) is 22.8 Å². The summed E-state index contributed by atoms with van der Waals surface area (Å²) in [5.74, 6) is 1.42. The smallest absolute Gasteiger partial charge is 0.203 e. The summed E-state index contributed by atoms with van der Waals surface area (Å²) in [4.78, 5) is 11.2. The van der Waals surface area contributed by atoms with Crippen molar-refractivity contribution in [3.05, 3.63) is 17.7 Å². The fourth-order valence-corrected chi connectivity index (χ4v) is 1.28. The molecule has 0 bridgehead atoms. The van der Waals surface area contributed by atoms with E-state index in [1.54, 1.807) is 12.1 Å². The minimum absolute atomic E-state index is 0.0470. The Morgan fingerprint density at radius 3 is 1.58 bits per heavy atom. The highest BCUT2D eigenvalue weighted by Crippen LogP contribution is 2.38. The third-order valence-corrected chi connectivity index (χ3v) is 2.57. The van der Waals surface area contributed by atoms with Crippen LogP contribution in [0, 0.1) is 0 Å². The number of hydrogen-bond donors (Lipinski definition) is 0. The molecule has 108 valence electrons. The summed E-state index contributed by atoms with van der Waals surface area (Å²) in [6.45, 7) is 5.85. The Kier molecular flexibility index (Phi) is 8.42. The molecule has 0 aliphatic rings. The molecule has 0 atom stereocenters. The molecule has 0 aliphatic carbocycles. The Bertz CT molecular complexity index is 372. The van der Waals surface area contributed by atoms with Crippen LogP contribution in [-0.2, 0) is 0 Å². The lowest BCUT2D eigenvalue weighted by molar-refractivity contribution is 0.101. The van der Waals surface area contributed by atoms with E-state index in [2.05, 4.69) is 13.8 Å². The highest BCUT2D eigenvalue weighted by molar-refractivity contribution is 5.95. The van der Waals surface area contributed by atoms with Crippen LogP contribution in [-0.4, -0.2) is 27.1 Å². The predicted octanol–water partition coefficient (Wildman–Crippen LogP) is 3.72. The quantitative estimate of drug-likeness (QED) is 0.763. The topological polar surface area (TPSA) is 44.8 Å². The molecule has 0 saturated heterocycles. The Balaban J connectivity index is 0.000000711. The number of carbonyl (C=O) groups excluding carboxylic acids is 1. The Morgan fingerprint density at radius 2 is 1.37 bits per heavy atom. The Morgan fingerprint density at radius 1 is 0.947 bits per heavy atom. The summed E-state index contributed by atoms with van der Waals surface area (Å²) in [6.07, 6.45) is 2.64. The van der Waals surface area contributed by atoms with Crippen LogP contribution in [0.3, 0.4) is 0 Å². The van der Waals surface area contributed by atoms with Crippen molar-refractivity contribution in [1.29, 1.82) is 0 Å². The van der Waals surface area contributed by atoms with Crippen molar-refractivity contribution in [2.24, 2.45) is 0 Å². The summed E-state index contributed by atoms with van der Waals surface area (Å²) in [5, 5.41) is 0. The molecule has 0 aliphatic heterocycles. The maximum Gasteiger partial charge on any atom is 0.203 e. The zero-order valence-corrected chi connectivity index (χ0v) is 12.7. The molecule has 4 heteroatoms. The average Bonchev–Trinajstić information content (AvgIpc) is 2.45. The SMILES string of the molecule is CCCC.COc1cc(C(C)=O)cc(OC)c1OC. The average molecular weight is 268 g/mol. The van der Waals surface area contributed by atoms with Gasteiger partial charge in [0.1, 0.15) is 0 Å². The van der Waals surface area contributed by atoms with Crippen molar-refractivity contribution in [1.82, 2.24) is 0 Å². The molecular formula is C15H24O4. The maximum absolute atomic E-state index is 11.2. The van der Waals surface area contributed by atoms with Crippen molar-refractivity contribution in [3.63, 3.8) is 0 Å². The van der Waals surface area contributed by atoms with Gasteiger partial charge in [0.25, 0.3) is 0 Å². The number of unbranched alkanes of at least 4 members (excludes halogenated alkanes) is 1. The normalized spacial score (nSPS) is 9.16. The van der Waals surface area contributed by atoms with Gasteiger partial charge in [0.15, 0.2) is 17.3 Å². The summed E-state index contributed by atoms with van der Waals surface area (Å²) < 4.78 is 15.4.